The topological polar surface area (TPSA) is 63.2 Å². The first-order chi connectivity index (χ1) is 6.78. The lowest BCUT2D eigenvalue weighted by atomic mass is 9.74. The van der Waals surface area contributed by atoms with Crippen molar-refractivity contribution in [1.29, 1.82) is 0 Å². The Balaban J connectivity index is 2.25. The molecule has 0 aromatic rings. The Morgan fingerprint density at radius 1 is 1.40 bits per heavy atom. The first-order valence-corrected chi connectivity index (χ1v) is 7.31. The number of rotatable bonds is 4. The zero-order chi connectivity index (χ0) is 11.6. The third-order valence-corrected chi connectivity index (χ3v) is 3.66. The van der Waals surface area contributed by atoms with Gasteiger partial charge in [0.25, 0.3) is 0 Å². The predicted molar refractivity (Wildman–Crippen MR) is 59.2 cm³/mol. The van der Waals surface area contributed by atoms with Crippen LogP contribution in [-0.2, 0) is 14.6 Å². The molecule has 0 heterocycles. The maximum atomic E-state index is 11.2. The molecule has 1 amide bonds. The van der Waals surface area contributed by atoms with Crippen LogP contribution in [0.5, 0.6) is 0 Å². The van der Waals surface area contributed by atoms with E-state index in [4.69, 9.17) is 0 Å². The molecule has 1 fully saturated rings. The number of carbonyl (C=O) groups excluding carboxylic acids is 1. The van der Waals surface area contributed by atoms with Crippen molar-refractivity contribution in [2.24, 2.45) is 11.8 Å². The van der Waals surface area contributed by atoms with Crippen LogP contribution in [0.2, 0.25) is 0 Å². The average molecular weight is 233 g/mol. The van der Waals surface area contributed by atoms with Gasteiger partial charge in [0.1, 0.15) is 5.75 Å². The van der Waals surface area contributed by atoms with Gasteiger partial charge in [-0.1, -0.05) is 13.8 Å². The van der Waals surface area contributed by atoms with Crippen LogP contribution in [-0.4, -0.2) is 32.4 Å². The summed E-state index contributed by atoms with van der Waals surface area (Å²) >= 11 is 0. The summed E-state index contributed by atoms with van der Waals surface area (Å²) in [7, 11) is -3.20. The number of sulfone groups is 1. The fraction of sp³-hybridized carbons (Fsp3) is 0.900. The quantitative estimate of drug-likeness (QED) is 0.772. The molecule has 1 aliphatic rings. The minimum Gasteiger partial charge on any atom is -0.352 e. The molecule has 1 rings (SSSR count). The van der Waals surface area contributed by atoms with E-state index in [2.05, 4.69) is 19.2 Å². The van der Waals surface area contributed by atoms with Gasteiger partial charge in [-0.3, -0.25) is 4.79 Å². The van der Waals surface area contributed by atoms with E-state index in [9.17, 15) is 13.2 Å². The number of nitrogens with one attached hydrogen (secondary N) is 1. The summed E-state index contributed by atoms with van der Waals surface area (Å²) < 4.78 is 21.7. The third-order valence-electron chi connectivity index (χ3n) is 2.88. The van der Waals surface area contributed by atoms with E-state index in [0.717, 1.165) is 19.1 Å². The second-order valence-electron chi connectivity index (χ2n) is 4.81. The van der Waals surface area contributed by atoms with E-state index in [1.54, 1.807) is 0 Å². The van der Waals surface area contributed by atoms with Crippen molar-refractivity contribution in [2.45, 2.75) is 32.7 Å². The van der Waals surface area contributed by atoms with Crippen LogP contribution < -0.4 is 5.32 Å². The van der Waals surface area contributed by atoms with Gasteiger partial charge in [0, 0.05) is 12.3 Å². The fourth-order valence-corrected chi connectivity index (χ4v) is 2.39. The summed E-state index contributed by atoms with van der Waals surface area (Å²) in [5.41, 5.74) is 0. The standard InChI is InChI=1S/C10H19NO3S/c1-7(2)8-4-9(5-8)11-10(12)6-15(3,13)14/h7-9H,4-6H2,1-3H3,(H,11,12)/t8-,9-. The predicted octanol–water partition coefficient (Wildman–Crippen LogP) is 0.582. The van der Waals surface area contributed by atoms with E-state index in [1.165, 1.54) is 0 Å². The molecule has 0 spiro atoms. The van der Waals surface area contributed by atoms with Gasteiger partial charge in [0.05, 0.1) is 0 Å². The number of hydrogen-bond acceptors (Lipinski definition) is 3. The molecule has 0 radical (unpaired) electrons. The van der Waals surface area contributed by atoms with E-state index in [0.29, 0.717) is 11.8 Å². The molecule has 4 nitrogen and oxygen atoms in total. The molecule has 1 N–H and O–H groups in total. The molecule has 0 atom stereocenters. The van der Waals surface area contributed by atoms with Crippen LogP contribution in [0.25, 0.3) is 0 Å². The summed E-state index contributed by atoms with van der Waals surface area (Å²) in [5.74, 6) is 0.557. The third kappa shape index (κ3) is 4.20. The number of amides is 1. The summed E-state index contributed by atoms with van der Waals surface area (Å²) in [5, 5.41) is 2.74. The normalized spacial score (nSPS) is 26.1. The Morgan fingerprint density at radius 3 is 2.33 bits per heavy atom. The van der Waals surface area contributed by atoms with Gasteiger partial charge in [0.2, 0.25) is 5.91 Å². The molecule has 0 bridgehead atoms. The van der Waals surface area contributed by atoms with E-state index in [-0.39, 0.29) is 11.9 Å². The van der Waals surface area contributed by atoms with Crippen LogP contribution in [0, 0.1) is 11.8 Å². The molecule has 0 unspecified atom stereocenters. The van der Waals surface area contributed by atoms with Crippen LogP contribution in [0.1, 0.15) is 26.7 Å². The smallest absolute Gasteiger partial charge is 0.235 e. The molecule has 15 heavy (non-hydrogen) atoms. The lowest BCUT2D eigenvalue weighted by Gasteiger charge is -2.38. The van der Waals surface area contributed by atoms with Crippen molar-refractivity contribution in [1.82, 2.24) is 5.32 Å². The Morgan fingerprint density at radius 2 is 1.93 bits per heavy atom. The van der Waals surface area contributed by atoms with Gasteiger partial charge >= 0.3 is 0 Å². The largest absolute Gasteiger partial charge is 0.352 e. The summed E-state index contributed by atoms with van der Waals surface area (Å²) in [6, 6.07) is 0.187. The highest BCUT2D eigenvalue weighted by molar-refractivity contribution is 7.91. The second kappa shape index (κ2) is 4.51. The Kier molecular flexibility index (Phi) is 3.76. The Labute approximate surface area is 91.4 Å². The van der Waals surface area contributed by atoms with Crippen molar-refractivity contribution >= 4 is 15.7 Å². The zero-order valence-corrected chi connectivity index (χ0v) is 10.3. The molecule has 0 saturated heterocycles. The maximum Gasteiger partial charge on any atom is 0.235 e. The number of hydrogen-bond donors (Lipinski definition) is 1. The molecule has 1 aliphatic carbocycles. The molecule has 0 aromatic heterocycles. The summed E-state index contributed by atoms with van der Waals surface area (Å²) in [4.78, 5) is 11.2. The lowest BCUT2D eigenvalue weighted by Crippen LogP contribution is -2.47. The van der Waals surface area contributed by atoms with E-state index >= 15 is 0 Å². The van der Waals surface area contributed by atoms with Gasteiger partial charge in [-0.15, -0.1) is 0 Å². The van der Waals surface area contributed by atoms with E-state index < -0.39 is 15.6 Å². The Bertz CT molecular complexity index is 329. The monoisotopic (exact) mass is 233 g/mol. The average Bonchev–Trinajstić information content (AvgIpc) is 1.91. The Hall–Kier alpha value is -0.580. The fourth-order valence-electron chi connectivity index (χ4n) is 1.83. The molecule has 0 aliphatic heterocycles. The first kappa shape index (κ1) is 12.5. The SMILES string of the molecule is CC(C)[C@H]1C[C@H](NC(=O)CS(C)(=O)=O)C1. The van der Waals surface area contributed by atoms with Crippen molar-refractivity contribution in [3.8, 4) is 0 Å². The zero-order valence-electron chi connectivity index (χ0n) is 9.49. The molecule has 88 valence electrons. The van der Waals surface area contributed by atoms with Crippen LogP contribution in [0.4, 0.5) is 0 Å². The maximum absolute atomic E-state index is 11.2. The molecule has 0 aromatic carbocycles. The van der Waals surface area contributed by atoms with Crippen molar-refractivity contribution in [2.75, 3.05) is 12.0 Å². The highest BCUT2D eigenvalue weighted by Crippen LogP contribution is 2.33. The highest BCUT2D eigenvalue weighted by Gasteiger charge is 2.32. The minimum atomic E-state index is -3.20. The number of carbonyl (C=O) groups is 1. The summed E-state index contributed by atoms with van der Waals surface area (Å²) in [6.07, 6.45) is 3.03. The molecule has 1 saturated carbocycles. The first-order valence-electron chi connectivity index (χ1n) is 5.25. The highest BCUT2D eigenvalue weighted by atomic mass is 32.2. The molecule has 5 heteroatoms. The van der Waals surface area contributed by atoms with Gasteiger partial charge in [-0.2, -0.15) is 0 Å². The van der Waals surface area contributed by atoms with Crippen molar-refractivity contribution < 1.29 is 13.2 Å². The van der Waals surface area contributed by atoms with Crippen molar-refractivity contribution in [3.05, 3.63) is 0 Å². The van der Waals surface area contributed by atoms with Gasteiger partial charge in [-0.05, 0) is 24.7 Å². The van der Waals surface area contributed by atoms with Gasteiger partial charge in [-0.25, -0.2) is 8.42 Å². The van der Waals surface area contributed by atoms with Crippen molar-refractivity contribution in [3.63, 3.8) is 0 Å². The van der Waals surface area contributed by atoms with Crippen LogP contribution in [0.3, 0.4) is 0 Å². The van der Waals surface area contributed by atoms with Gasteiger partial charge in [0.15, 0.2) is 9.84 Å². The minimum absolute atomic E-state index is 0.187. The summed E-state index contributed by atoms with van der Waals surface area (Å²) in [6.45, 7) is 4.33. The lowest BCUT2D eigenvalue weighted by molar-refractivity contribution is -0.120. The van der Waals surface area contributed by atoms with E-state index in [1.807, 2.05) is 0 Å². The van der Waals surface area contributed by atoms with Crippen LogP contribution >= 0.6 is 0 Å². The van der Waals surface area contributed by atoms with Gasteiger partial charge < -0.3 is 5.32 Å². The van der Waals surface area contributed by atoms with Crippen LogP contribution in [0.15, 0.2) is 0 Å². The molecular weight excluding hydrogens is 214 g/mol. The second-order valence-corrected chi connectivity index (χ2v) is 6.95. The molecular formula is C10H19NO3S.